The zero-order chi connectivity index (χ0) is 18.0. The van der Waals surface area contributed by atoms with Crippen molar-refractivity contribution in [2.24, 2.45) is 0 Å². The predicted octanol–water partition coefficient (Wildman–Crippen LogP) is 4.95. The number of rotatable bonds is 4. The van der Waals surface area contributed by atoms with Crippen LogP contribution in [0.4, 0.5) is 10.1 Å². The van der Waals surface area contributed by atoms with Crippen molar-refractivity contribution in [3.63, 3.8) is 0 Å². The van der Waals surface area contributed by atoms with E-state index in [1.807, 2.05) is 30.5 Å². The molecule has 3 aromatic rings. The number of aryl methyl sites for hydroxylation is 1. The number of halogens is 2. The molecular formula is C18H15ClFN3OS. The predicted molar refractivity (Wildman–Crippen MR) is 99.4 cm³/mol. The summed E-state index contributed by atoms with van der Waals surface area (Å²) >= 11 is 7.96. The molecule has 1 aromatic heterocycles. The van der Waals surface area contributed by atoms with E-state index in [2.05, 4.69) is 10.4 Å². The van der Waals surface area contributed by atoms with Crippen LogP contribution >= 0.6 is 23.4 Å². The van der Waals surface area contributed by atoms with Crippen LogP contribution in [-0.2, 0) is 0 Å². The number of anilines is 1. The zero-order valence-corrected chi connectivity index (χ0v) is 15.2. The van der Waals surface area contributed by atoms with Gasteiger partial charge in [0.25, 0.3) is 5.91 Å². The Hall–Kier alpha value is -2.31. The van der Waals surface area contributed by atoms with Crippen LogP contribution in [-0.4, -0.2) is 21.9 Å². The van der Waals surface area contributed by atoms with Crippen LogP contribution in [0.5, 0.6) is 0 Å². The van der Waals surface area contributed by atoms with E-state index in [4.69, 9.17) is 11.6 Å². The average molecular weight is 376 g/mol. The van der Waals surface area contributed by atoms with Gasteiger partial charge in [0.2, 0.25) is 0 Å². The summed E-state index contributed by atoms with van der Waals surface area (Å²) in [7, 11) is 0. The highest BCUT2D eigenvalue weighted by molar-refractivity contribution is 7.98. The molecule has 0 bridgehead atoms. The van der Waals surface area contributed by atoms with Crippen LogP contribution in [0.25, 0.3) is 5.69 Å². The lowest BCUT2D eigenvalue weighted by molar-refractivity contribution is 0.102. The molecule has 1 N–H and O–H groups in total. The summed E-state index contributed by atoms with van der Waals surface area (Å²) in [6, 6.07) is 13.3. The largest absolute Gasteiger partial charge is 0.322 e. The lowest BCUT2D eigenvalue weighted by atomic mass is 10.2. The van der Waals surface area contributed by atoms with Crippen LogP contribution in [0, 0.1) is 12.7 Å². The minimum Gasteiger partial charge on any atom is -0.322 e. The van der Waals surface area contributed by atoms with Crippen LogP contribution in [0.15, 0.2) is 53.4 Å². The molecule has 0 saturated heterocycles. The standard InChI is InChI=1S/C18H15ClFN3OS/c1-11-16(18(24)21-13-4-3-5-15(10-13)25-2)17(19)23(22-11)14-8-6-12(20)7-9-14/h3-10H,1-2H3,(H,21,24). The van der Waals surface area contributed by atoms with Crippen molar-refractivity contribution in [2.45, 2.75) is 11.8 Å². The number of hydrogen-bond acceptors (Lipinski definition) is 3. The third-order valence-electron chi connectivity index (χ3n) is 3.63. The number of aromatic nitrogens is 2. The Kier molecular flexibility index (Phi) is 5.11. The van der Waals surface area contributed by atoms with E-state index in [1.54, 1.807) is 30.8 Å². The highest BCUT2D eigenvalue weighted by atomic mass is 35.5. The number of hydrogen-bond donors (Lipinski definition) is 1. The molecule has 2 aromatic carbocycles. The number of nitrogens with zero attached hydrogens (tertiary/aromatic N) is 2. The van der Waals surface area contributed by atoms with Gasteiger partial charge in [0.1, 0.15) is 16.5 Å². The first-order valence-electron chi connectivity index (χ1n) is 7.46. The molecule has 25 heavy (non-hydrogen) atoms. The number of amides is 1. The molecule has 1 amide bonds. The van der Waals surface area contributed by atoms with E-state index in [1.165, 1.54) is 16.8 Å². The Bertz CT molecular complexity index is 925. The maximum absolute atomic E-state index is 13.1. The van der Waals surface area contributed by atoms with Crippen molar-refractivity contribution in [2.75, 3.05) is 11.6 Å². The molecule has 0 unspecified atom stereocenters. The van der Waals surface area contributed by atoms with Gasteiger partial charge in [-0.25, -0.2) is 9.07 Å². The fourth-order valence-electron chi connectivity index (χ4n) is 2.40. The van der Waals surface area contributed by atoms with Gasteiger partial charge in [0, 0.05) is 10.6 Å². The molecule has 0 spiro atoms. The number of carbonyl (C=O) groups is 1. The zero-order valence-electron chi connectivity index (χ0n) is 13.6. The number of thioether (sulfide) groups is 1. The van der Waals surface area contributed by atoms with E-state index in [0.717, 1.165) is 4.90 Å². The molecule has 4 nitrogen and oxygen atoms in total. The molecule has 1 heterocycles. The smallest absolute Gasteiger partial charge is 0.260 e. The Balaban J connectivity index is 1.91. The van der Waals surface area contributed by atoms with Gasteiger partial charge in [0.15, 0.2) is 0 Å². The lowest BCUT2D eigenvalue weighted by Gasteiger charge is -2.07. The van der Waals surface area contributed by atoms with Gasteiger partial charge in [0.05, 0.1) is 11.4 Å². The van der Waals surface area contributed by atoms with Gasteiger partial charge in [-0.2, -0.15) is 5.10 Å². The quantitative estimate of drug-likeness (QED) is 0.656. The molecule has 3 rings (SSSR count). The Morgan fingerprint density at radius 2 is 1.96 bits per heavy atom. The highest BCUT2D eigenvalue weighted by Gasteiger charge is 2.21. The second-order valence-electron chi connectivity index (χ2n) is 5.33. The fourth-order valence-corrected chi connectivity index (χ4v) is 3.22. The number of benzene rings is 2. The monoisotopic (exact) mass is 375 g/mol. The van der Waals surface area contributed by atoms with Gasteiger partial charge >= 0.3 is 0 Å². The van der Waals surface area contributed by atoms with Crippen LogP contribution in [0.1, 0.15) is 16.1 Å². The fraction of sp³-hybridized carbons (Fsp3) is 0.111. The first-order chi connectivity index (χ1) is 12.0. The topological polar surface area (TPSA) is 46.9 Å². The third-order valence-corrected chi connectivity index (χ3v) is 4.70. The maximum atomic E-state index is 13.1. The van der Waals surface area contributed by atoms with E-state index in [0.29, 0.717) is 22.6 Å². The van der Waals surface area contributed by atoms with E-state index < -0.39 is 0 Å². The van der Waals surface area contributed by atoms with E-state index in [9.17, 15) is 9.18 Å². The Labute approximate surface area is 154 Å². The third kappa shape index (κ3) is 3.70. The molecule has 0 aliphatic rings. The minimum atomic E-state index is -0.351. The van der Waals surface area contributed by atoms with Gasteiger partial charge in [-0.1, -0.05) is 17.7 Å². The van der Waals surface area contributed by atoms with Crippen molar-refractivity contribution in [1.82, 2.24) is 9.78 Å². The van der Waals surface area contributed by atoms with Crippen molar-refractivity contribution in [3.05, 3.63) is 70.8 Å². The van der Waals surface area contributed by atoms with Crippen molar-refractivity contribution < 1.29 is 9.18 Å². The molecule has 0 aliphatic carbocycles. The Morgan fingerprint density at radius 3 is 2.64 bits per heavy atom. The Morgan fingerprint density at radius 1 is 1.24 bits per heavy atom. The average Bonchev–Trinajstić information content (AvgIpc) is 2.90. The lowest BCUT2D eigenvalue weighted by Crippen LogP contribution is -2.13. The SMILES string of the molecule is CSc1cccc(NC(=O)c2c(C)nn(-c3ccc(F)cc3)c2Cl)c1. The first kappa shape index (κ1) is 17.5. The molecule has 0 radical (unpaired) electrons. The second kappa shape index (κ2) is 7.29. The summed E-state index contributed by atoms with van der Waals surface area (Å²) < 4.78 is 14.5. The summed E-state index contributed by atoms with van der Waals surface area (Å²) in [6.45, 7) is 1.71. The number of carbonyl (C=O) groups excluding carboxylic acids is 1. The van der Waals surface area contributed by atoms with Gasteiger partial charge in [-0.15, -0.1) is 11.8 Å². The minimum absolute atomic E-state index is 0.183. The summed E-state index contributed by atoms with van der Waals surface area (Å²) in [5.41, 5.74) is 2.05. The van der Waals surface area contributed by atoms with Crippen molar-refractivity contribution in [1.29, 1.82) is 0 Å². The molecule has 128 valence electrons. The van der Waals surface area contributed by atoms with Crippen LogP contribution < -0.4 is 5.32 Å². The van der Waals surface area contributed by atoms with E-state index >= 15 is 0 Å². The molecule has 0 saturated carbocycles. The molecular weight excluding hydrogens is 361 g/mol. The molecule has 7 heteroatoms. The molecule has 0 fully saturated rings. The van der Waals surface area contributed by atoms with Crippen molar-refractivity contribution >= 4 is 35.0 Å². The number of nitrogens with one attached hydrogen (secondary N) is 1. The first-order valence-corrected chi connectivity index (χ1v) is 9.06. The highest BCUT2D eigenvalue weighted by Crippen LogP contribution is 2.25. The summed E-state index contributed by atoms with van der Waals surface area (Å²) in [5, 5.41) is 7.33. The van der Waals surface area contributed by atoms with Crippen molar-refractivity contribution in [3.8, 4) is 5.69 Å². The molecule has 0 atom stereocenters. The molecule has 0 aliphatic heterocycles. The van der Waals surface area contributed by atoms with Gasteiger partial charge in [-0.05, 0) is 55.6 Å². The summed E-state index contributed by atoms with van der Waals surface area (Å²) in [5.74, 6) is -0.690. The van der Waals surface area contributed by atoms with Gasteiger partial charge in [-0.3, -0.25) is 4.79 Å². The van der Waals surface area contributed by atoms with Crippen LogP contribution in [0.3, 0.4) is 0 Å². The van der Waals surface area contributed by atoms with Crippen LogP contribution in [0.2, 0.25) is 5.15 Å². The van der Waals surface area contributed by atoms with E-state index in [-0.39, 0.29) is 16.9 Å². The summed E-state index contributed by atoms with van der Waals surface area (Å²) in [4.78, 5) is 13.7. The van der Waals surface area contributed by atoms with Gasteiger partial charge < -0.3 is 5.32 Å². The normalized spacial score (nSPS) is 10.7. The maximum Gasteiger partial charge on any atom is 0.260 e. The second-order valence-corrected chi connectivity index (χ2v) is 6.56. The summed E-state index contributed by atoms with van der Waals surface area (Å²) in [6.07, 6.45) is 1.97.